The maximum Gasteiger partial charge on any atom is 0.408 e. The van der Waals surface area contributed by atoms with Crippen LogP contribution >= 0.6 is 0 Å². The highest BCUT2D eigenvalue weighted by atomic mass is 16.6. The molecule has 226 valence electrons. The minimum absolute atomic E-state index is 0.0203. The summed E-state index contributed by atoms with van der Waals surface area (Å²) >= 11 is 0. The van der Waals surface area contributed by atoms with Gasteiger partial charge in [-0.25, -0.2) is 9.59 Å². The van der Waals surface area contributed by atoms with Crippen LogP contribution in [0.4, 0.5) is 4.79 Å². The van der Waals surface area contributed by atoms with E-state index in [0.717, 1.165) is 17.5 Å². The maximum absolute atomic E-state index is 12.9. The van der Waals surface area contributed by atoms with Gasteiger partial charge in [-0.05, 0) is 36.8 Å². The van der Waals surface area contributed by atoms with Crippen molar-refractivity contribution in [2.75, 3.05) is 6.54 Å². The fourth-order valence-corrected chi connectivity index (χ4v) is 4.33. The highest BCUT2D eigenvalue weighted by Gasteiger charge is 2.49. The van der Waals surface area contributed by atoms with Crippen molar-refractivity contribution >= 4 is 29.8 Å². The van der Waals surface area contributed by atoms with Gasteiger partial charge in [0.05, 0.1) is 0 Å². The summed E-state index contributed by atoms with van der Waals surface area (Å²) in [6, 6.07) is 16.2. The monoisotopic (exact) mass is 581 g/mol. The lowest BCUT2D eigenvalue weighted by Crippen LogP contribution is -2.56. The van der Waals surface area contributed by atoms with Gasteiger partial charge in [0.15, 0.2) is 6.10 Å². The molecule has 2 aromatic carbocycles. The number of esters is 2. The van der Waals surface area contributed by atoms with Crippen molar-refractivity contribution in [2.45, 2.75) is 71.4 Å². The third-order valence-corrected chi connectivity index (χ3v) is 7.09. The molecule has 0 bridgehead atoms. The van der Waals surface area contributed by atoms with E-state index in [1.54, 1.807) is 12.1 Å². The SMILES string of the molecule is CC[C@H](C)[C@@H]1C(=O)O[C@@H]1C(=O)NCCC[C@H](NC(=O)[C@@H](C)NC(=O)OCc1ccccc1)C(=O)OCc1ccccc1. The van der Waals surface area contributed by atoms with Crippen LogP contribution in [0.3, 0.4) is 0 Å². The summed E-state index contributed by atoms with van der Waals surface area (Å²) in [6.45, 7) is 5.57. The van der Waals surface area contributed by atoms with E-state index in [1.165, 1.54) is 6.92 Å². The van der Waals surface area contributed by atoms with E-state index in [-0.39, 0.29) is 44.0 Å². The number of amides is 3. The number of carbonyl (C=O) groups excluding carboxylic acids is 5. The fraction of sp³-hybridized carbons (Fsp3) is 0.452. The van der Waals surface area contributed by atoms with Gasteiger partial charge in [-0.15, -0.1) is 0 Å². The van der Waals surface area contributed by atoms with Crippen molar-refractivity contribution < 1.29 is 38.2 Å². The lowest BCUT2D eigenvalue weighted by Gasteiger charge is -2.37. The van der Waals surface area contributed by atoms with Crippen molar-refractivity contribution in [3.63, 3.8) is 0 Å². The highest BCUT2D eigenvalue weighted by Crippen LogP contribution is 2.31. The van der Waals surface area contributed by atoms with Crippen LogP contribution in [0.15, 0.2) is 60.7 Å². The van der Waals surface area contributed by atoms with Gasteiger partial charge in [0, 0.05) is 6.54 Å². The molecule has 0 aromatic heterocycles. The predicted octanol–water partition coefficient (Wildman–Crippen LogP) is 3.01. The largest absolute Gasteiger partial charge is 0.459 e. The second-order valence-corrected chi connectivity index (χ2v) is 10.3. The molecule has 3 N–H and O–H groups in total. The van der Waals surface area contributed by atoms with Crippen molar-refractivity contribution in [3.8, 4) is 0 Å². The quantitative estimate of drug-likeness (QED) is 0.165. The molecule has 0 saturated carbocycles. The Labute approximate surface area is 245 Å². The summed E-state index contributed by atoms with van der Waals surface area (Å²) in [5.74, 6) is -2.47. The lowest BCUT2D eigenvalue weighted by molar-refractivity contribution is -0.193. The molecule has 2 aromatic rings. The van der Waals surface area contributed by atoms with Crippen molar-refractivity contribution in [1.82, 2.24) is 16.0 Å². The van der Waals surface area contributed by atoms with Gasteiger partial charge in [-0.1, -0.05) is 80.9 Å². The zero-order valence-corrected chi connectivity index (χ0v) is 24.2. The smallest absolute Gasteiger partial charge is 0.408 e. The third-order valence-electron chi connectivity index (χ3n) is 7.09. The Hall–Kier alpha value is -4.41. The van der Waals surface area contributed by atoms with Crippen LogP contribution in [0.2, 0.25) is 0 Å². The molecule has 0 radical (unpaired) electrons. The van der Waals surface area contributed by atoms with E-state index in [2.05, 4.69) is 16.0 Å². The van der Waals surface area contributed by atoms with Gasteiger partial charge in [0.1, 0.15) is 31.2 Å². The summed E-state index contributed by atoms with van der Waals surface area (Å²) in [7, 11) is 0. The lowest BCUT2D eigenvalue weighted by atomic mass is 9.83. The summed E-state index contributed by atoms with van der Waals surface area (Å²) in [5.41, 5.74) is 1.58. The number of alkyl carbamates (subject to hydrolysis) is 1. The van der Waals surface area contributed by atoms with Crippen LogP contribution in [0, 0.1) is 11.8 Å². The number of cyclic esters (lactones) is 1. The van der Waals surface area contributed by atoms with Gasteiger partial charge < -0.3 is 30.2 Å². The average molecular weight is 582 g/mol. The molecule has 5 atom stereocenters. The zero-order chi connectivity index (χ0) is 30.5. The van der Waals surface area contributed by atoms with Crippen LogP contribution < -0.4 is 16.0 Å². The van der Waals surface area contributed by atoms with Crippen LogP contribution in [-0.2, 0) is 46.6 Å². The zero-order valence-electron chi connectivity index (χ0n) is 24.2. The topological polar surface area (TPSA) is 149 Å². The number of nitrogens with one attached hydrogen (secondary N) is 3. The van der Waals surface area contributed by atoms with Crippen molar-refractivity contribution in [1.29, 1.82) is 0 Å². The minimum atomic E-state index is -1.03. The number of carbonyl (C=O) groups is 5. The molecular formula is C31H39N3O8. The van der Waals surface area contributed by atoms with E-state index in [0.29, 0.717) is 6.42 Å². The molecule has 1 saturated heterocycles. The Balaban J connectivity index is 1.51. The van der Waals surface area contributed by atoms with Gasteiger partial charge in [0.2, 0.25) is 5.91 Å². The Morgan fingerprint density at radius 2 is 1.48 bits per heavy atom. The Bertz CT molecular complexity index is 1210. The molecule has 1 fully saturated rings. The normalized spacial score (nSPS) is 17.8. The van der Waals surface area contributed by atoms with E-state index in [4.69, 9.17) is 14.2 Å². The first-order valence-corrected chi connectivity index (χ1v) is 14.2. The molecule has 11 nitrogen and oxygen atoms in total. The van der Waals surface area contributed by atoms with Gasteiger partial charge in [0.25, 0.3) is 5.91 Å². The molecule has 1 aliphatic rings. The first-order chi connectivity index (χ1) is 20.2. The van der Waals surface area contributed by atoms with Crippen molar-refractivity contribution in [3.05, 3.63) is 71.8 Å². The van der Waals surface area contributed by atoms with Crippen LogP contribution in [0.1, 0.15) is 51.2 Å². The average Bonchev–Trinajstić information content (AvgIpc) is 2.99. The number of benzene rings is 2. The van der Waals surface area contributed by atoms with Gasteiger partial charge in [-0.3, -0.25) is 14.4 Å². The van der Waals surface area contributed by atoms with Gasteiger partial charge in [-0.2, -0.15) is 0 Å². The molecule has 3 amide bonds. The number of rotatable bonds is 15. The summed E-state index contributed by atoms with van der Waals surface area (Å²) in [4.78, 5) is 62.4. The van der Waals surface area contributed by atoms with E-state index < -0.39 is 42.1 Å². The van der Waals surface area contributed by atoms with Crippen LogP contribution in [-0.4, -0.2) is 54.6 Å². The number of ether oxygens (including phenoxy) is 3. The molecule has 0 spiro atoms. The van der Waals surface area contributed by atoms with E-state index in [9.17, 15) is 24.0 Å². The summed E-state index contributed by atoms with van der Waals surface area (Å²) in [5, 5.41) is 7.83. The molecule has 42 heavy (non-hydrogen) atoms. The second-order valence-electron chi connectivity index (χ2n) is 10.3. The number of hydrogen-bond donors (Lipinski definition) is 3. The molecule has 0 unspecified atom stereocenters. The molecule has 1 heterocycles. The molecule has 3 rings (SSSR count). The first-order valence-electron chi connectivity index (χ1n) is 14.2. The van der Waals surface area contributed by atoms with Gasteiger partial charge >= 0.3 is 18.0 Å². The summed E-state index contributed by atoms with van der Waals surface area (Å²) in [6.07, 6.45) is -0.377. The van der Waals surface area contributed by atoms with Crippen LogP contribution in [0.5, 0.6) is 0 Å². The van der Waals surface area contributed by atoms with E-state index in [1.807, 2.05) is 62.4 Å². The molecular weight excluding hydrogens is 542 g/mol. The molecule has 0 aliphatic carbocycles. The second kappa shape index (κ2) is 16.1. The molecule has 11 heteroatoms. The Morgan fingerprint density at radius 1 is 0.881 bits per heavy atom. The predicted molar refractivity (Wildman–Crippen MR) is 152 cm³/mol. The van der Waals surface area contributed by atoms with E-state index >= 15 is 0 Å². The Morgan fingerprint density at radius 3 is 2.05 bits per heavy atom. The fourth-order valence-electron chi connectivity index (χ4n) is 4.33. The number of hydrogen-bond acceptors (Lipinski definition) is 8. The maximum atomic E-state index is 12.9. The highest BCUT2D eigenvalue weighted by molar-refractivity contribution is 5.94. The minimum Gasteiger partial charge on any atom is -0.459 e. The third kappa shape index (κ3) is 9.60. The van der Waals surface area contributed by atoms with Crippen LogP contribution in [0.25, 0.3) is 0 Å². The standard InChI is InChI=1S/C31H39N3O8/c1-4-20(2)25-26(42-30(25)38)28(36)32-17-11-16-24(29(37)40-18-22-12-7-5-8-13-22)34-27(35)21(3)33-31(39)41-19-23-14-9-6-10-15-23/h5-10,12-15,20-21,24-26H,4,11,16-19H2,1-3H3,(H,32,36)(H,33,39)(H,34,35)/t20-,21+,24-,25-,26-/m0/s1. The summed E-state index contributed by atoms with van der Waals surface area (Å²) < 4.78 is 15.7. The van der Waals surface area contributed by atoms with Crippen molar-refractivity contribution in [2.24, 2.45) is 11.8 Å². The molecule has 1 aliphatic heterocycles. The first kappa shape index (κ1) is 32.1. The Kier molecular flexibility index (Phi) is 12.3.